The molecular weight excluding hydrogens is 319 g/mol. The van der Waals surface area contributed by atoms with Crippen molar-refractivity contribution in [2.45, 2.75) is 13.0 Å². The van der Waals surface area contributed by atoms with Crippen LogP contribution in [0, 0.1) is 5.82 Å². The molecule has 0 saturated carbocycles. The monoisotopic (exact) mass is 332 g/mol. The number of fused-ring (bicyclic) bond motifs is 1. The second-order valence-corrected chi connectivity index (χ2v) is 5.54. The minimum absolute atomic E-state index is 0.136. The Balaban J connectivity index is 1.69. The van der Waals surface area contributed by atoms with Gasteiger partial charge in [-0.05, 0) is 37.3 Å². The van der Waals surface area contributed by atoms with Gasteiger partial charge in [-0.1, -0.05) is 29.8 Å². The van der Waals surface area contributed by atoms with Crippen molar-refractivity contribution in [2.24, 2.45) is 0 Å². The first-order valence-electron chi connectivity index (χ1n) is 7.04. The lowest BCUT2D eigenvalue weighted by atomic mass is 10.2. The van der Waals surface area contributed by atoms with Crippen molar-refractivity contribution in [3.05, 3.63) is 65.1 Å². The molecule has 2 amide bonds. The number of rotatable bonds is 3. The number of benzene rings is 2. The standard InChI is InChI=1S/C17H14ClFN2O2/c1-10(16-8-11-4-2-3-5-15(11)23-16)20-17(22)21-14-7-6-12(19)9-13(14)18/h2-10H,1H3,(H2,20,21,22). The third-order valence-electron chi connectivity index (χ3n) is 3.40. The van der Waals surface area contributed by atoms with Crippen LogP contribution in [0.5, 0.6) is 0 Å². The van der Waals surface area contributed by atoms with Crippen LogP contribution in [0.25, 0.3) is 11.0 Å². The molecule has 0 aliphatic carbocycles. The summed E-state index contributed by atoms with van der Waals surface area (Å²) in [4.78, 5) is 12.0. The van der Waals surface area contributed by atoms with Crippen molar-refractivity contribution in [2.75, 3.05) is 5.32 Å². The summed E-state index contributed by atoms with van der Waals surface area (Å²) >= 11 is 5.88. The summed E-state index contributed by atoms with van der Waals surface area (Å²) in [5.41, 5.74) is 1.10. The Labute approximate surface area is 137 Å². The Kier molecular flexibility index (Phi) is 4.21. The number of hydrogen-bond acceptors (Lipinski definition) is 2. The summed E-state index contributed by atoms with van der Waals surface area (Å²) < 4.78 is 18.7. The molecule has 1 heterocycles. The van der Waals surface area contributed by atoms with E-state index in [4.69, 9.17) is 16.0 Å². The number of carbonyl (C=O) groups is 1. The maximum absolute atomic E-state index is 13.0. The van der Waals surface area contributed by atoms with E-state index in [9.17, 15) is 9.18 Å². The van der Waals surface area contributed by atoms with Crippen LogP contribution in [0.3, 0.4) is 0 Å². The van der Waals surface area contributed by atoms with Gasteiger partial charge in [-0.15, -0.1) is 0 Å². The smallest absolute Gasteiger partial charge is 0.319 e. The summed E-state index contributed by atoms with van der Waals surface area (Å²) in [5.74, 6) is 0.183. The lowest BCUT2D eigenvalue weighted by Crippen LogP contribution is -2.31. The third-order valence-corrected chi connectivity index (χ3v) is 3.71. The van der Waals surface area contributed by atoms with Gasteiger partial charge in [0.15, 0.2) is 0 Å². The fourth-order valence-electron chi connectivity index (χ4n) is 2.23. The first-order valence-corrected chi connectivity index (χ1v) is 7.42. The van der Waals surface area contributed by atoms with Gasteiger partial charge in [-0.25, -0.2) is 9.18 Å². The van der Waals surface area contributed by atoms with Gasteiger partial charge in [0.25, 0.3) is 0 Å². The van der Waals surface area contributed by atoms with Gasteiger partial charge in [0.05, 0.1) is 16.8 Å². The summed E-state index contributed by atoms with van der Waals surface area (Å²) in [7, 11) is 0. The molecule has 0 spiro atoms. The molecule has 0 aliphatic heterocycles. The van der Waals surface area contributed by atoms with E-state index in [2.05, 4.69) is 10.6 Å². The summed E-state index contributed by atoms with van der Waals surface area (Å²) in [6.07, 6.45) is 0. The molecule has 0 bridgehead atoms. The van der Waals surface area contributed by atoms with E-state index in [1.165, 1.54) is 12.1 Å². The predicted octanol–water partition coefficient (Wildman–Crippen LogP) is 5.11. The topological polar surface area (TPSA) is 54.3 Å². The number of urea groups is 1. The van der Waals surface area contributed by atoms with Crippen LogP contribution in [-0.4, -0.2) is 6.03 Å². The predicted molar refractivity (Wildman–Crippen MR) is 88.2 cm³/mol. The molecule has 2 aromatic carbocycles. The fraction of sp³-hybridized carbons (Fsp3) is 0.118. The van der Waals surface area contributed by atoms with Crippen LogP contribution < -0.4 is 10.6 Å². The zero-order chi connectivity index (χ0) is 16.4. The van der Waals surface area contributed by atoms with E-state index in [0.717, 1.165) is 17.0 Å². The van der Waals surface area contributed by atoms with Crippen LogP contribution in [0.15, 0.2) is 52.9 Å². The number of para-hydroxylation sites is 1. The Hall–Kier alpha value is -2.53. The Morgan fingerprint density at radius 2 is 2.00 bits per heavy atom. The minimum atomic E-state index is -0.461. The van der Waals surface area contributed by atoms with Crippen molar-refractivity contribution in [1.29, 1.82) is 0 Å². The zero-order valence-electron chi connectivity index (χ0n) is 12.3. The van der Waals surface area contributed by atoms with Crippen molar-refractivity contribution in [3.63, 3.8) is 0 Å². The second-order valence-electron chi connectivity index (χ2n) is 5.13. The number of nitrogens with one attached hydrogen (secondary N) is 2. The maximum Gasteiger partial charge on any atom is 0.319 e. The number of hydrogen-bond donors (Lipinski definition) is 2. The lowest BCUT2D eigenvalue weighted by Gasteiger charge is -2.13. The van der Waals surface area contributed by atoms with Crippen LogP contribution in [0.4, 0.5) is 14.9 Å². The van der Waals surface area contributed by atoms with Gasteiger partial charge in [0.2, 0.25) is 0 Å². The Morgan fingerprint density at radius 1 is 1.22 bits per heavy atom. The van der Waals surface area contributed by atoms with Crippen LogP contribution in [0.2, 0.25) is 5.02 Å². The average molecular weight is 333 g/mol. The summed E-state index contributed by atoms with van der Waals surface area (Å²) in [5, 5.41) is 6.44. The van der Waals surface area contributed by atoms with Crippen molar-refractivity contribution >= 4 is 34.3 Å². The highest BCUT2D eigenvalue weighted by Crippen LogP contribution is 2.25. The molecule has 2 N–H and O–H groups in total. The first kappa shape index (κ1) is 15.4. The molecule has 23 heavy (non-hydrogen) atoms. The lowest BCUT2D eigenvalue weighted by molar-refractivity contribution is 0.248. The molecule has 0 saturated heterocycles. The van der Waals surface area contributed by atoms with Crippen LogP contribution in [-0.2, 0) is 0 Å². The molecule has 3 aromatic rings. The van der Waals surface area contributed by atoms with E-state index in [0.29, 0.717) is 11.4 Å². The van der Waals surface area contributed by atoms with Gasteiger partial charge >= 0.3 is 6.03 Å². The summed E-state index contributed by atoms with van der Waals surface area (Å²) in [6.45, 7) is 1.81. The molecular formula is C17H14ClFN2O2. The highest BCUT2D eigenvalue weighted by atomic mass is 35.5. The molecule has 3 rings (SSSR count). The molecule has 0 fully saturated rings. The van der Waals surface area contributed by atoms with E-state index < -0.39 is 11.8 Å². The molecule has 0 aliphatic rings. The van der Waals surface area contributed by atoms with Crippen molar-refractivity contribution in [1.82, 2.24) is 5.32 Å². The van der Waals surface area contributed by atoms with Gasteiger partial charge < -0.3 is 15.1 Å². The summed E-state index contributed by atoms with van der Waals surface area (Å²) in [6, 6.07) is 12.5. The van der Waals surface area contributed by atoms with Gasteiger partial charge in [0, 0.05) is 5.39 Å². The minimum Gasteiger partial charge on any atom is -0.459 e. The van der Waals surface area contributed by atoms with Crippen molar-refractivity contribution in [3.8, 4) is 0 Å². The molecule has 1 unspecified atom stereocenters. The number of furan rings is 1. The third kappa shape index (κ3) is 3.46. The first-order chi connectivity index (χ1) is 11.0. The van der Waals surface area contributed by atoms with Gasteiger partial charge in [-0.2, -0.15) is 0 Å². The molecule has 4 nitrogen and oxygen atoms in total. The number of anilines is 1. The van der Waals surface area contributed by atoms with E-state index in [-0.39, 0.29) is 11.1 Å². The highest BCUT2D eigenvalue weighted by Gasteiger charge is 2.15. The zero-order valence-corrected chi connectivity index (χ0v) is 13.0. The average Bonchev–Trinajstić information content (AvgIpc) is 2.94. The van der Waals surface area contributed by atoms with E-state index in [1.54, 1.807) is 0 Å². The largest absolute Gasteiger partial charge is 0.459 e. The quantitative estimate of drug-likeness (QED) is 0.700. The second kappa shape index (κ2) is 6.30. The molecule has 1 aromatic heterocycles. The normalized spacial score (nSPS) is 12.1. The number of halogens is 2. The number of carbonyl (C=O) groups excluding carboxylic acids is 1. The fourth-order valence-corrected chi connectivity index (χ4v) is 2.45. The van der Waals surface area contributed by atoms with Gasteiger partial charge in [-0.3, -0.25) is 0 Å². The molecule has 118 valence electrons. The van der Waals surface area contributed by atoms with Crippen molar-refractivity contribution < 1.29 is 13.6 Å². The number of amides is 2. The van der Waals surface area contributed by atoms with Crippen LogP contribution in [0.1, 0.15) is 18.7 Å². The van der Waals surface area contributed by atoms with Crippen LogP contribution >= 0.6 is 11.6 Å². The Bertz CT molecular complexity index is 830. The van der Waals surface area contributed by atoms with E-state index >= 15 is 0 Å². The van der Waals surface area contributed by atoms with E-state index in [1.807, 2.05) is 37.3 Å². The molecule has 0 radical (unpaired) electrons. The maximum atomic E-state index is 13.0. The highest BCUT2D eigenvalue weighted by molar-refractivity contribution is 6.33. The van der Waals surface area contributed by atoms with Gasteiger partial charge in [0.1, 0.15) is 17.2 Å². The SMILES string of the molecule is CC(NC(=O)Nc1ccc(F)cc1Cl)c1cc2ccccc2o1. The Morgan fingerprint density at radius 3 is 2.74 bits per heavy atom. The molecule has 1 atom stereocenters. The molecule has 6 heteroatoms.